The van der Waals surface area contributed by atoms with Crippen LogP contribution in [0.1, 0.15) is 25.7 Å². The number of hydrogen-bond acceptors (Lipinski definition) is 4. The van der Waals surface area contributed by atoms with E-state index in [1.54, 1.807) is 0 Å². The number of aliphatic carboxylic acids is 1. The minimum atomic E-state index is -0.903. The Bertz CT molecular complexity index is 342. The van der Waals surface area contributed by atoms with E-state index >= 15 is 0 Å². The highest BCUT2D eigenvalue weighted by atomic mass is 16.5. The molecular formula is C14H24N2O4. The third kappa shape index (κ3) is 4.76. The lowest BCUT2D eigenvalue weighted by Crippen LogP contribution is -2.46. The molecule has 1 unspecified atom stereocenters. The summed E-state index contributed by atoms with van der Waals surface area (Å²) in [5.41, 5.74) is 0. The van der Waals surface area contributed by atoms with Crippen LogP contribution in [0.15, 0.2) is 0 Å². The Morgan fingerprint density at radius 1 is 1.15 bits per heavy atom. The third-order valence-electron chi connectivity index (χ3n) is 4.04. The summed E-state index contributed by atoms with van der Waals surface area (Å²) in [6.45, 7) is 6.12. The molecule has 2 fully saturated rings. The Hall–Kier alpha value is -1.14. The van der Waals surface area contributed by atoms with Crippen molar-refractivity contribution in [2.24, 2.45) is 5.92 Å². The number of amides is 1. The van der Waals surface area contributed by atoms with Gasteiger partial charge in [0, 0.05) is 39.1 Å². The van der Waals surface area contributed by atoms with Gasteiger partial charge in [-0.2, -0.15) is 0 Å². The fourth-order valence-corrected chi connectivity index (χ4v) is 2.96. The average Bonchev–Trinajstić information content (AvgIpc) is 2.46. The Labute approximate surface area is 119 Å². The van der Waals surface area contributed by atoms with E-state index in [1.807, 2.05) is 4.90 Å². The van der Waals surface area contributed by atoms with Gasteiger partial charge in [-0.1, -0.05) is 0 Å². The van der Waals surface area contributed by atoms with Crippen LogP contribution in [-0.4, -0.2) is 72.7 Å². The fourth-order valence-electron chi connectivity index (χ4n) is 2.96. The van der Waals surface area contributed by atoms with Crippen molar-refractivity contribution >= 4 is 11.9 Å². The molecule has 1 amide bonds. The summed E-state index contributed by atoms with van der Waals surface area (Å²) in [7, 11) is 0. The molecule has 2 rings (SSSR count). The summed E-state index contributed by atoms with van der Waals surface area (Å²) in [4.78, 5) is 26.7. The molecule has 1 N–H and O–H groups in total. The molecule has 6 heteroatoms. The summed E-state index contributed by atoms with van der Waals surface area (Å²) in [6.07, 6.45) is 2.23. The zero-order chi connectivity index (χ0) is 14.4. The molecule has 2 aliphatic heterocycles. The average molecular weight is 284 g/mol. The molecule has 2 aliphatic rings. The second kappa shape index (κ2) is 7.59. The van der Waals surface area contributed by atoms with Crippen molar-refractivity contribution in [1.29, 1.82) is 0 Å². The van der Waals surface area contributed by atoms with Gasteiger partial charge >= 0.3 is 5.97 Å². The monoisotopic (exact) mass is 284 g/mol. The van der Waals surface area contributed by atoms with Crippen LogP contribution in [0, 0.1) is 5.92 Å². The van der Waals surface area contributed by atoms with Crippen molar-refractivity contribution in [3.8, 4) is 0 Å². The van der Waals surface area contributed by atoms with Crippen molar-refractivity contribution in [2.45, 2.75) is 25.7 Å². The molecule has 1 atom stereocenters. The van der Waals surface area contributed by atoms with Gasteiger partial charge in [0.1, 0.15) is 0 Å². The predicted octanol–water partition coefficient (Wildman–Crippen LogP) is 0.422. The van der Waals surface area contributed by atoms with Gasteiger partial charge in [0.05, 0.1) is 19.6 Å². The second-order valence-corrected chi connectivity index (χ2v) is 5.65. The maximum atomic E-state index is 12.0. The van der Waals surface area contributed by atoms with E-state index in [0.29, 0.717) is 5.92 Å². The Morgan fingerprint density at radius 3 is 2.60 bits per heavy atom. The number of likely N-dealkylation sites (tertiary alicyclic amines) is 1. The smallest absolute Gasteiger partial charge is 0.303 e. The van der Waals surface area contributed by atoms with Gasteiger partial charge in [0.2, 0.25) is 5.91 Å². The highest BCUT2D eigenvalue weighted by molar-refractivity contribution is 5.80. The third-order valence-corrected chi connectivity index (χ3v) is 4.04. The van der Waals surface area contributed by atoms with Gasteiger partial charge in [0.15, 0.2) is 0 Å². The van der Waals surface area contributed by atoms with Gasteiger partial charge in [-0.3, -0.25) is 14.5 Å². The lowest BCUT2D eigenvalue weighted by atomic mass is 9.97. The van der Waals surface area contributed by atoms with Gasteiger partial charge in [-0.15, -0.1) is 0 Å². The van der Waals surface area contributed by atoms with Crippen molar-refractivity contribution in [2.75, 3.05) is 45.9 Å². The number of carbonyl (C=O) groups excluding carboxylic acids is 1. The molecule has 2 saturated heterocycles. The topological polar surface area (TPSA) is 70.1 Å². The van der Waals surface area contributed by atoms with Gasteiger partial charge in [-0.05, 0) is 18.8 Å². The van der Waals surface area contributed by atoms with Crippen molar-refractivity contribution in [3.05, 3.63) is 0 Å². The van der Waals surface area contributed by atoms with Crippen LogP contribution in [0.4, 0.5) is 0 Å². The summed E-state index contributed by atoms with van der Waals surface area (Å²) in [6, 6.07) is 0. The Morgan fingerprint density at radius 2 is 1.90 bits per heavy atom. The largest absolute Gasteiger partial charge is 0.481 e. The molecule has 20 heavy (non-hydrogen) atoms. The number of hydrogen-bond donors (Lipinski definition) is 1. The lowest BCUT2D eigenvalue weighted by molar-refractivity contribution is -0.141. The minimum Gasteiger partial charge on any atom is -0.481 e. The number of ether oxygens (including phenoxy) is 1. The van der Waals surface area contributed by atoms with Gasteiger partial charge < -0.3 is 14.7 Å². The molecule has 0 spiro atoms. The number of carbonyl (C=O) groups is 2. The van der Waals surface area contributed by atoms with Crippen molar-refractivity contribution < 1.29 is 19.4 Å². The van der Waals surface area contributed by atoms with Crippen LogP contribution in [0.5, 0.6) is 0 Å². The molecule has 0 aromatic rings. The summed E-state index contributed by atoms with van der Waals surface area (Å²) in [5, 5.41) is 8.64. The highest BCUT2D eigenvalue weighted by Gasteiger charge is 2.25. The molecular weight excluding hydrogens is 260 g/mol. The van der Waals surface area contributed by atoms with E-state index in [-0.39, 0.29) is 18.7 Å². The molecule has 2 heterocycles. The maximum Gasteiger partial charge on any atom is 0.303 e. The first-order valence-electron chi connectivity index (χ1n) is 7.45. The van der Waals surface area contributed by atoms with E-state index in [0.717, 1.165) is 58.8 Å². The molecule has 0 aromatic carbocycles. The fraction of sp³-hybridized carbons (Fsp3) is 0.857. The number of carboxylic acids is 1. The first kappa shape index (κ1) is 15.3. The SMILES string of the molecule is O=C(O)CCC(=O)N1CCCC(CN2CCOCC2)C1. The van der Waals surface area contributed by atoms with Crippen molar-refractivity contribution in [3.63, 3.8) is 0 Å². The highest BCUT2D eigenvalue weighted by Crippen LogP contribution is 2.19. The summed E-state index contributed by atoms with van der Waals surface area (Å²) >= 11 is 0. The first-order chi connectivity index (χ1) is 9.65. The van der Waals surface area contributed by atoms with E-state index in [1.165, 1.54) is 0 Å². The first-order valence-corrected chi connectivity index (χ1v) is 7.45. The van der Waals surface area contributed by atoms with Gasteiger partial charge in [0.25, 0.3) is 0 Å². The summed E-state index contributed by atoms with van der Waals surface area (Å²) < 4.78 is 5.34. The zero-order valence-corrected chi connectivity index (χ0v) is 11.9. The number of carboxylic acid groups (broad SMARTS) is 1. The molecule has 114 valence electrons. The van der Waals surface area contributed by atoms with Crippen molar-refractivity contribution in [1.82, 2.24) is 9.80 Å². The molecule has 0 saturated carbocycles. The molecule has 0 aromatic heterocycles. The Kier molecular flexibility index (Phi) is 5.79. The van der Waals surface area contributed by atoms with E-state index in [2.05, 4.69) is 4.90 Å². The van der Waals surface area contributed by atoms with E-state index < -0.39 is 5.97 Å². The van der Waals surface area contributed by atoms with Crippen LogP contribution >= 0.6 is 0 Å². The minimum absolute atomic E-state index is 0.0147. The molecule has 0 radical (unpaired) electrons. The normalized spacial score (nSPS) is 24.6. The van der Waals surface area contributed by atoms with Gasteiger partial charge in [-0.25, -0.2) is 0 Å². The van der Waals surface area contributed by atoms with Crippen LogP contribution in [0.25, 0.3) is 0 Å². The quantitative estimate of drug-likeness (QED) is 0.792. The van der Waals surface area contributed by atoms with Crippen LogP contribution in [0.3, 0.4) is 0 Å². The number of morpholine rings is 1. The zero-order valence-electron chi connectivity index (χ0n) is 11.9. The number of rotatable bonds is 5. The molecule has 0 aliphatic carbocycles. The Balaban J connectivity index is 1.75. The number of piperidine rings is 1. The van der Waals surface area contributed by atoms with Crippen LogP contribution in [-0.2, 0) is 14.3 Å². The molecule has 6 nitrogen and oxygen atoms in total. The number of nitrogens with zero attached hydrogens (tertiary/aromatic N) is 2. The predicted molar refractivity (Wildman–Crippen MR) is 73.4 cm³/mol. The molecule has 0 bridgehead atoms. The van der Waals surface area contributed by atoms with E-state index in [4.69, 9.17) is 9.84 Å². The summed E-state index contributed by atoms with van der Waals surface area (Å²) in [5.74, 6) is -0.407. The van der Waals surface area contributed by atoms with Crippen LogP contribution < -0.4 is 0 Å². The lowest BCUT2D eigenvalue weighted by Gasteiger charge is -2.36. The standard InChI is InChI=1S/C14H24N2O4/c17-13(3-4-14(18)19)16-5-1-2-12(11-16)10-15-6-8-20-9-7-15/h12H,1-11H2,(H,18,19). The maximum absolute atomic E-state index is 12.0. The van der Waals surface area contributed by atoms with Crippen LogP contribution in [0.2, 0.25) is 0 Å². The second-order valence-electron chi connectivity index (χ2n) is 5.65. The van der Waals surface area contributed by atoms with E-state index in [9.17, 15) is 9.59 Å².